The third-order valence-electron chi connectivity index (χ3n) is 2.46. The summed E-state index contributed by atoms with van der Waals surface area (Å²) < 4.78 is 56.6. The van der Waals surface area contributed by atoms with E-state index in [-0.39, 0.29) is 11.9 Å². The average Bonchev–Trinajstić information content (AvgIpc) is 2.94. The standard InChI is InChI=1S/C11H7F4N3O2/c1-4(10-16-3-20-18-10)17-11(19)5-2-6(12)8(14)9(15)7(5)13/h2-4H,1H3,(H,17,19). The molecule has 1 aromatic carbocycles. The van der Waals surface area contributed by atoms with Crippen LogP contribution in [0.15, 0.2) is 17.0 Å². The van der Waals surface area contributed by atoms with Crippen molar-refractivity contribution in [2.75, 3.05) is 0 Å². The van der Waals surface area contributed by atoms with Gasteiger partial charge in [-0.1, -0.05) is 5.16 Å². The van der Waals surface area contributed by atoms with E-state index in [2.05, 4.69) is 20.0 Å². The molecule has 1 heterocycles. The molecule has 1 atom stereocenters. The molecule has 106 valence electrons. The van der Waals surface area contributed by atoms with Crippen LogP contribution < -0.4 is 5.32 Å². The topological polar surface area (TPSA) is 68.0 Å². The smallest absolute Gasteiger partial charge is 0.255 e. The van der Waals surface area contributed by atoms with Crippen molar-refractivity contribution in [2.45, 2.75) is 13.0 Å². The predicted molar refractivity (Wildman–Crippen MR) is 56.5 cm³/mol. The van der Waals surface area contributed by atoms with Crippen LogP contribution in [-0.2, 0) is 0 Å². The van der Waals surface area contributed by atoms with Crippen molar-refractivity contribution in [3.05, 3.63) is 47.1 Å². The van der Waals surface area contributed by atoms with E-state index in [0.29, 0.717) is 0 Å². The molecule has 0 saturated heterocycles. The first-order valence-corrected chi connectivity index (χ1v) is 5.32. The van der Waals surface area contributed by atoms with Crippen LogP contribution in [0, 0.1) is 23.3 Å². The molecule has 0 bridgehead atoms. The van der Waals surface area contributed by atoms with Gasteiger partial charge in [-0.05, 0) is 13.0 Å². The lowest BCUT2D eigenvalue weighted by molar-refractivity contribution is 0.0931. The fourth-order valence-electron chi connectivity index (χ4n) is 1.45. The third-order valence-corrected chi connectivity index (χ3v) is 2.46. The number of amides is 1. The van der Waals surface area contributed by atoms with Gasteiger partial charge in [-0.2, -0.15) is 4.98 Å². The summed E-state index contributed by atoms with van der Waals surface area (Å²) in [5.41, 5.74) is -0.961. The van der Waals surface area contributed by atoms with Gasteiger partial charge < -0.3 is 9.84 Å². The summed E-state index contributed by atoms with van der Waals surface area (Å²) >= 11 is 0. The average molecular weight is 289 g/mol. The van der Waals surface area contributed by atoms with Crippen molar-refractivity contribution in [2.24, 2.45) is 0 Å². The molecule has 1 amide bonds. The Morgan fingerprint density at radius 2 is 1.95 bits per heavy atom. The highest BCUT2D eigenvalue weighted by Gasteiger charge is 2.24. The Labute approximate surface area is 109 Å². The Morgan fingerprint density at radius 1 is 1.25 bits per heavy atom. The Balaban J connectivity index is 2.26. The van der Waals surface area contributed by atoms with E-state index >= 15 is 0 Å². The van der Waals surface area contributed by atoms with E-state index in [1.165, 1.54) is 6.92 Å². The van der Waals surface area contributed by atoms with Gasteiger partial charge >= 0.3 is 0 Å². The van der Waals surface area contributed by atoms with Gasteiger partial charge in [-0.3, -0.25) is 4.79 Å². The Bertz CT molecular complexity index is 646. The first kappa shape index (κ1) is 14.0. The minimum absolute atomic E-state index is 0.0850. The first-order valence-electron chi connectivity index (χ1n) is 5.32. The third kappa shape index (κ3) is 2.46. The molecule has 2 rings (SSSR count). The van der Waals surface area contributed by atoms with Gasteiger partial charge in [0.2, 0.25) is 6.39 Å². The predicted octanol–water partition coefficient (Wildman–Crippen LogP) is 2.12. The number of hydrogen-bond donors (Lipinski definition) is 1. The highest BCUT2D eigenvalue weighted by Crippen LogP contribution is 2.19. The number of benzene rings is 1. The van der Waals surface area contributed by atoms with Crippen LogP contribution in [-0.4, -0.2) is 16.0 Å². The van der Waals surface area contributed by atoms with E-state index in [1.54, 1.807) is 0 Å². The van der Waals surface area contributed by atoms with E-state index < -0.39 is 40.8 Å². The number of carbonyl (C=O) groups is 1. The highest BCUT2D eigenvalue weighted by atomic mass is 19.2. The number of nitrogens with zero attached hydrogens (tertiary/aromatic N) is 2. The molecule has 2 aromatic rings. The lowest BCUT2D eigenvalue weighted by atomic mass is 10.1. The Morgan fingerprint density at radius 3 is 2.55 bits per heavy atom. The highest BCUT2D eigenvalue weighted by molar-refractivity contribution is 5.94. The van der Waals surface area contributed by atoms with Crippen LogP contribution in [0.25, 0.3) is 0 Å². The SMILES string of the molecule is CC(NC(=O)c1cc(F)c(F)c(F)c1F)c1ncon1. The molecule has 0 saturated carbocycles. The maximum Gasteiger partial charge on any atom is 0.255 e. The second-order valence-corrected chi connectivity index (χ2v) is 3.83. The summed E-state index contributed by atoms with van der Waals surface area (Å²) in [5.74, 6) is -8.53. The Hall–Kier alpha value is -2.45. The number of halogens is 4. The van der Waals surface area contributed by atoms with Crippen molar-refractivity contribution in [1.82, 2.24) is 15.5 Å². The zero-order valence-corrected chi connectivity index (χ0v) is 9.95. The molecule has 1 aromatic heterocycles. The fourth-order valence-corrected chi connectivity index (χ4v) is 1.45. The zero-order chi connectivity index (χ0) is 14.9. The number of nitrogens with one attached hydrogen (secondary N) is 1. The maximum atomic E-state index is 13.4. The van der Waals surface area contributed by atoms with Gasteiger partial charge in [0.1, 0.15) is 0 Å². The first-order chi connectivity index (χ1) is 9.41. The molecule has 20 heavy (non-hydrogen) atoms. The van der Waals surface area contributed by atoms with Crippen LogP contribution in [0.2, 0.25) is 0 Å². The van der Waals surface area contributed by atoms with Gasteiger partial charge in [0, 0.05) is 0 Å². The summed E-state index contributed by atoms with van der Waals surface area (Å²) in [6.45, 7) is 1.44. The molecular weight excluding hydrogens is 282 g/mol. The monoisotopic (exact) mass is 289 g/mol. The molecule has 1 unspecified atom stereocenters. The second kappa shape index (κ2) is 5.27. The number of rotatable bonds is 3. The van der Waals surface area contributed by atoms with Crippen molar-refractivity contribution >= 4 is 5.91 Å². The largest absolute Gasteiger partial charge is 0.343 e. The fraction of sp³-hybridized carbons (Fsp3) is 0.182. The van der Waals surface area contributed by atoms with Crippen LogP contribution in [0.4, 0.5) is 17.6 Å². The molecule has 5 nitrogen and oxygen atoms in total. The van der Waals surface area contributed by atoms with E-state index in [0.717, 1.165) is 6.39 Å². The van der Waals surface area contributed by atoms with Crippen molar-refractivity contribution in [1.29, 1.82) is 0 Å². The lowest BCUT2D eigenvalue weighted by Gasteiger charge is -2.11. The van der Waals surface area contributed by atoms with E-state index in [9.17, 15) is 22.4 Å². The van der Waals surface area contributed by atoms with Gasteiger partial charge in [0.05, 0.1) is 11.6 Å². The van der Waals surface area contributed by atoms with Crippen LogP contribution >= 0.6 is 0 Å². The summed E-state index contributed by atoms with van der Waals surface area (Å²) in [6, 6.07) is -0.525. The summed E-state index contributed by atoms with van der Waals surface area (Å²) in [7, 11) is 0. The maximum absolute atomic E-state index is 13.4. The minimum atomic E-state index is -2.05. The second-order valence-electron chi connectivity index (χ2n) is 3.83. The van der Waals surface area contributed by atoms with Crippen molar-refractivity contribution in [3.8, 4) is 0 Å². The molecule has 9 heteroatoms. The minimum Gasteiger partial charge on any atom is -0.343 e. The van der Waals surface area contributed by atoms with Crippen molar-refractivity contribution < 1.29 is 26.9 Å². The van der Waals surface area contributed by atoms with Crippen LogP contribution in [0.3, 0.4) is 0 Å². The number of hydrogen-bond acceptors (Lipinski definition) is 4. The van der Waals surface area contributed by atoms with E-state index in [4.69, 9.17) is 0 Å². The van der Waals surface area contributed by atoms with E-state index in [1.807, 2.05) is 0 Å². The molecule has 1 N–H and O–H groups in total. The number of aromatic nitrogens is 2. The van der Waals surface area contributed by atoms with Crippen LogP contribution in [0.1, 0.15) is 29.1 Å². The van der Waals surface area contributed by atoms with Gasteiger partial charge in [0.15, 0.2) is 29.1 Å². The van der Waals surface area contributed by atoms with Gasteiger partial charge in [-0.25, -0.2) is 17.6 Å². The molecule has 0 radical (unpaired) electrons. The molecular formula is C11H7F4N3O2. The van der Waals surface area contributed by atoms with Gasteiger partial charge in [0.25, 0.3) is 5.91 Å². The zero-order valence-electron chi connectivity index (χ0n) is 9.95. The number of carbonyl (C=O) groups excluding carboxylic acids is 1. The van der Waals surface area contributed by atoms with Gasteiger partial charge in [-0.15, -0.1) is 0 Å². The van der Waals surface area contributed by atoms with Crippen molar-refractivity contribution in [3.63, 3.8) is 0 Å². The summed E-state index contributed by atoms with van der Waals surface area (Å²) in [6.07, 6.45) is 1.01. The molecule has 0 fully saturated rings. The normalized spacial score (nSPS) is 12.2. The summed E-state index contributed by atoms with van der Waals surface area (Å²) in [5, 5.41) is 5.63. The molecule has 0 spiro atoms. The van der Waals surface area contributed by atoms with Crippen LogP contribution in [0.5, 0.6) is 0 Å². The Kier molecular flexibility index (Phi) is 3.68. The lowest BCUT2D eigenvalue weighted by Crippen LogP contribution is -2.28. The quantitative estimate of drug-likeness (QED) is 0.534. The molecule has 0 aliphatic carbocycles. The molecule has 0 aliphatic heterocycles. The summed E-state index contributed by atoms with van der Waals surface area (Å²) in [4.78, 5) is 15.3. The molecule has 0 aliphatic rings.